The van der Waals surface area contributed by atoms with E-state index in [9.17, 15) is 9.59 Å². The number of nitrogens with one attached hydrogen (secondary N) is 1. The number of nitrogens with zero attached hydrogens (tertiary/aromatic N) is 1. The lowest BCUT2D eigenvalue weighted by Crippen LogP contribution is -2.45. The fraction of sp³-hybridized carbons (Fsp3) is 0.846. The van der Waals surface area contributed by atoms with Crippen LogP contribution in [0.15, 0.2) is 0 Å². The van der Waals surface area contributed by atoms with Crippen molar-refractivity contribution in [2.75, 3.05) is 19.6 Å². The van der Waals surface area contributed by atoms with Crippen molar-refractivity contribution < 1.29 is 14.7 Å². The molecule has 1 aliphatic rings. The number of aliphatic carboxylic acids is 1. The highest BCUT2D eigenvalue weighted by molar-refractivity contribution is 5.78. The second-order valence-corrected chi connectivity index (χ2v) is 4.90. The number of carbonyl (C=O) groups is 2. The van der Waals surface area contributed by atoms with Gasteiger partial charge in [-0.05, 0) is 32.2 Å². The van der Waals surface area contributed by atoms with Gasteiger partial charge >= 0.3 is 5.97 Å². The lowest BCUT2D eigenvalue weighted by molar-refractivity contribution is -0.137. The minimum absolute atomic E-state index is 0.0547. The summed E-state index contributed by atoms with van der Waals surface area (Å²) in [7, 11) is 0. The zero-order valence-electron chi connectivity index (χ0n) is 11.2. The van der Waals surface area contributed by atoms with E-state index in [0.717, 1.165) is 32.2 Å². The predicted molar refractivity (Wildman–Crippen MR) is 69.4 cm³/mol. The fourth-order valence-electron chi connectivity index (χ4n) is 2.39. The van der Waals surface area contributed by atoms with Crippen molar-refractivity contribution in [3.05, 3.63) is 0 Å². The van der Waals surface area contributed by atoms with Gasteiger partial charge in [0.2, 0.25) is 5.91 Å². The van der Waals surface area contributed by atoms with Crippen LogP contribution in [-0.4, -0.2) is 47.6 Å². The Morgan fingerprint density at radius 3 is 2.83 bits per heavy atom. The maximum Gasteiger partial charge on any atom is 0.303 e. The molecule has 0 radical (unpaired) electrons. The van der Waals surface area contributed by atoms with Gasteiger partial charge in [0.15, 0.2) is 0 Å². The SMILES string of the molecule is CCCNC(=O)CN1CCCCC1CCC(=O)O. The second-order valence-electron chi connectivity index (χ2n) is 4.90. The molecule has 0 spiro atoms. The van der Waals surface area contributed by atoms with E-state index < -0.39 is 5.97 Å². The Morgan fingerprint density at radius 2 is 2.17 bits per heavy atom. The normalized spacial score (nSPS) is 20.6. The maximum atomic E-state index is 11.7. The molecule has 0 aromatic carbocycles. The van der Waals surface area contributed by atoms with Gasteiger partial charge in [-0.2, -0.15) is 0 Å². The minimum atomic E-state index is -0.754. The molecule has 0 aromatic heterocycles. The highest BCUT2D eigenvalue weighted by Crippen LogP contribution is 2.20. The number of rotatable bonds is 7. The quantitative estimate of drug-likeness (QED) is 0.719. The summed E-state index contributed by atoms with van der Waals surface area (Å²) in [6.07, 6.45) is 5.03. The summed E-state index contributed by atoms with van der Waals surface area (Å²) in [6, 6.07) is 0.252. The van der Waals surface area contributed by atoms with E-state index in [1.54, 1.807) is 0 Å². The van der Waals surface area contributed by atoms with Crippen LogP contribution in [0.3, 0.4) is 0 Å². The molecule has 18 heavy (non-hydrogen) atoms. The number of hydrogen-bond acceptors (Lipinski definition) is 3. The summed E-state index contributed by atoms with van der Waals surface area (Å²) in [5, 5.41) is 11.6. The molecule has 1 aliphatic heterocycles. The van der Waals surface area contributed by atoms with Crippen LogP contribution in [0.2, 0.25) is 0 Å². The van der Waals surface area contributed by atoms with Gasteiger partial charge in [-0.15, -0.1) is 0 Å². The van der Waals surface area contributed by atoms with Crippen molar-refractivity contribution in [3.8, 4) is 0 Å². The Hall–Kier alpha value is -1.10. The standard InChI is InChI=1S/C13H24N2O3/c1-2-8-14-12(16)10-15-9-4-3-5-11(15)6-7-13(17)18/h11H,2-10H2,1H3,(H,14,16)(H,17,18). The molecule has 5 nitrogen and oxygen atoms in total. The Balaban J connectivity index is 2.38. The van der Waals surface area contributed by atoms with Gasteiger partial charge in [0.1, 0.15) is 0 Å². The predicted octanol–water partition coefficient (Wildman–Crippen LogP) is 1.23. The van der Waals surface area contributed by atoms with Crippen molar-refractivity contribution in [1.29, 1.82) is 0 Å². The van der Waals surface area contributed by atoms with Crippen molar-refractivity contribution in [3.63, 3.8) is 0 Å². The van der Waals surface area contributed by atoms with Crippen LogP contribution in [0.25, 0.3) is 0 Å². The van der Waals surface area contributed by atoms with Crippen molar-refractivity contribution in [2.45, 2.75) is 51.5 Å². The van der Waals surface area contributed by atoms with E-state index in [2.05, 4.69) is 10.2 Å². The summed E-state index contributed by atoms with van der Waals surface area (Å²) in [6.45, 7) is 4.05. The average molecular weight is 256 g/mol. The van der Waals surface area contributed by atoms with Crippen LogP contribution in [0.1, 0.15) is 45.4 Å². The van der Waals surface area contributed by atoms with Crippen molar-refractivity contribution in [2.24, 2.45) is 0 Å². The Kier molecular flexibility index (Phi) is 6.72. The van der Waals surface area contributed by atoms with Crippen LogP contribution < -0.4 is 5.32 Å². The summed E-state index contributed by atoms with van der Waals surface area (Å²) in [5.41, 5.74) is 0. The Morgan fingerprint density at radius 1 is 1.39 bits per heavy atom. The molecular formula is C13H24N2O3. The van der Waals surface area contributed by atoms with E-state index in [0.29, 0.717) is 19.5 Å². The molecule has 0 aliphatic carbocycles. The molecule has 1 rings (SSSR count). The average Bonchev–Trinajstić information content (AvgIpc) is 2.35. The van der Waals surface area contributed by atoms with E-state index >= 15 is 0 Å². The molecule has 104 valence electrons. The molecule has 1 fully saturated rings. The number of carboxylic acid groups (broad SMARTS) is 1. The molecule has 5 heteroatoms. The number of carboxylic acids is 1. The summed E-state index contributed by atoms with van der Waals surface area (Å²) >= 11 is 0. The highest BCUT2D eigenvalue weighted by Gasteiger charge is 2.24. The molecule has 1 unspecified atom stereocenters. The molecule has 1 atom stereocenters. The molecule has 0 saturated carbocycles. The smallest absolute Gasteiger partial charge is 0.303 e. The van der Waals surface area contributed by atoms with Crippen LogP contribution in [-0.2, 0) is 9.59 Å². The first-order chi connectivity index (χ1) is 8.63. The van der Waals surface area contributed by atoms with Crippen molar-refractivity contribution in [1.82, 2.24) is 10.2 Å². The first-order valence-corrected chi connectivity index (χ1v) is 6.86. The lowest BCUT2D eigenvalue weighted by Gasteiger charge is -2.35. The van der Waals surface area contributed by atoms with E-state index in [1.165, 1.54) is 0 Å². The van der Waals surface area contributed by atoms with Crippen LogP contribution in [0.4, 0.5) is 0 Å². The molecule has 1 heterocycles. The minimum Gasteiger partial charge on any atom is -0.481 e. The Labute approximate surface area is 109 Å². The fourth-order valence-corrected chi connectivity index (χ4v) is 2.39. The first kappa shape index (κ1) is 15.0. The van der Waals surface area contributed by atoms with Gasteiger partial charge in [0, 0.05) is 19.0 Å². The summed E-state index contributed by atoms with van der Waals surface area (Å²) < 4.78 is 0. The molecule has 2 N–H and O–H groups in total. The van der Waals surface area contributed by atoms with Gasteiger partial charge < -0.3 is 10.4 Å². The molecular weight excluding hydrogens is 232 g/mol. The Bertz CT molecular complexity index is 281. The van der Waals surface area contributed by atoms with Crippen LogP contribution in [0, 0.1) is 0 Å². The van der Waals surface area contributed by atoms with Gasteiger partial charge in [0.25, 0.3) is 0 Å². The number of hydrogen-bond donors (Lipinski definition) is 2. The number of carbonyl (C=O) groups excluding carboxylic acids is 1. The largest absolute Gasteiger partial charge is 0.481 e. The van der Waals surface area contributed by atoms with Gasteiger partial charge in [-0.3, -0.25) is 14.5 Å². The third-order valence-corrected chi connectivity index (χ3v) is 3.36. The maximum absolute atomic E-state index is 11.7. The van der Waals surface area contributed by atoms with Crippen LogP contribution in [0.5, 0.6) is 0 Å². The summed E-state index contributed by atoms with van der Waals surface area (Å²) in [5.74, 6) is -0.699. The first-order valence-electron chi connectivity index (χ1n) is 6.86. The topological polar surface area (TPSA) is 69.6 Å². The highest BCUT2D eigenvalue weighted by atomic mass is 16.4. The van der Waals surface area contributed by atoms with Gasteiger partial charge in [-0.1, -0.05) is 13.3 Å². The van der Waals surface area contributed by atoms with Gasteiger partial charge in [-0.25, -0.2) is 0 Å². The zero-order chi connectivity index (χ0) is 13.4. The second kappa shape index (κ2) is 8.08. The molecule has 0 aromatic rings. The van der Waals surface area contributed by atoms with Gasteiger partial charge in [0.05, 0.1) is 6.54 Å². The third kappa shape index (κ3) is 5.49. The zero-order valence-corrected chi connectivity index (χ0v) is 11.2. The molecule has 1 amide bonds. The van der Waals surface area contributed by atoms with E-state index in [4.69, 9.17) is 5.11 Å². The van der Waals surface area contributed by atoms with E-state index in [1.807, 2.05) is 6.92 Å². The monoisotopic (exact) mass is 256 g/mol. The number of amides is 1. The molecule has 1 saturated heterocycles. The third-order valence-electron chi connectivity index (χ3n) is 3.36. The molecule has 0 bridgehead atoms. The number of piperidine rings is 1. The van der Waals surface area contributed by atoms with Crippen molar-refractivity contribution >= 4 is 11.9 Å². The lowest BCUT2D eigenvalue weighted by atomic mass is 9.98. The number of likely N-dealkylation sites (tertiary alicyclic amines) is 1. The van der Waals surface area contributed by atoms with Crippen LogP contribution >= 0.6 is 0 Å². The van der Waals surface area contributed by atoms with E-state index in [-0.39, 0.29) is 18.4 Å². The summed E-state index contributed by atoms with van der Waals surface area (Å²) in [4.78, 5) is 24.4.